The van der Waals surface area contributed by atoms with Crippen molar-refractivity contribution in [2.75, 3.05) is 0 Å². The molecule has 0 saturated carbocycles. The normalized spacial score (nSPS) is 12.4. The van der Waals surface area contributed by atoms with Gasteiger partial charge in [-0.05, 0) is 43.7 Å². The monoisotopic (exact) mass is 257 g/mol. The van der Waals surface area contributed by atoms with Crippen LogP contribution in [0.25, 0.3) is 10.8 Å². The van der Waals surface area contributed by atoms with Crippen LogP contribution in [0.2, 0.25) is 0 Å². The average Bonchev–Trinajstić information content (AvgIpc) is 2.37. The highest BCUT2D eigenvalue weighted by Gasteiger charge is 2.15. The number of amides is 1. The van der Waals surface area contributed by atoms with Gasteiger partial charge in [0.1, 0.15) is 5.75 Å². The Balaban J connectivity index is 2.10. The van der Waals surface area contributed by atoms with Crippen molar-refractivity contribution in [3.05, 3.63) is 42.5 Å². The predicted molar refractivity (Wildman–Crippen MR) is 77.3 cm³/mol. The Hall–Kier alpha value is -2.03. The first kappa shape index (κ1) is 13.4. The van der Waals surface area contributed by atoms with Gasteiger partial charge in [-0.1, -0.05) is 30.3 Å². The fraction of sp³-hybridized carbons (Fsp3) is 0.312. The second-order valence-electron chi connectivity index (χ2n) is 4.93. The van der Waals surface area contributed by atoms with Gasteiger partial charge in [0.05, 0.1) is 0 Å². The van der Waals surface area contributed by atoms with Gasteiger partial charge in [-0.2, -0.15) is 0 Å². The minimum Gasteiger partial charge on any atom is -0.481 e. The Labute approximate surface area is 113 Å². The standard InChI is InChI=1S/C16H19NO2/c1-11(2)17-16(18)12(3)19-15-9-8-13-6-4-5-7-14(13)10-15/h4-12H,1-3H3,(H,17,18). The fourth-order valence-corrected chi connectivity index (χ4v) is 1.90. The molecule has 0 spiro atoms. The van der Waals surface area contributed by atoms with E-state index in [-0.39, 0.29) is 11.9 Å². The first-order chi connectivity index (χ1) is 9.06. The molecule has 19 heavy (non-hydrogen) atoms. The lowest BCUT2D eigenvalue weighted by atomic mass is 10.1. The van der Waals surface area contributed by atoms with E-state index in [1.165, 1.54) is 0 Å². The molecule has 0 aromatic heterocycles. The summed E-state index contributed by atoms with van der Waals surface area (Å²) in [6.07, 6.45) is -0.497. The van der Waals surface area contributed by atoms with Gasteiger partial charge in [0.2, 0.25) is 0 Å². The van der Waals surface area contributed by atoms with Gasteiger partial charge in [0.25, 0.3) is 5.91 Å². The van der Waals surface area contributed by atoms with Crippen molar-refractivity contribution >= 4 is 16.7 Å². The highest BCUT2D eigenvalue weighted by atomic mass is 16.5. The number of rotatable bonds is 4. The molecule has 0 bridgehead atoms. The van der Waals surface area contributed by atoms with E-state index in [1.807, 2.05) is 56.3 Å². The maximum Gasteiger partial charge on any atom is 0.260 e. The zero-order valence-electron chi connectivity index (χ0n) is 11.5. The van der Waals surface area contributed by atoms with Crippen LogP contribution in [0.1, 0.15) is 20.8 Å². The fourth-order valence-electron chi connectivity index (χ4n) is 1.90. The summed E-state index contributed by atoms with van der Waals surface area (Å²) >= 11 is 0. The Morgan fingerprint density at radius 1 is 1.05 bits per heavy atom. The minimum absolute atomic E-state index is 0.0943. The molecule has 1 atom stereocenters. The van der Waals surface area contributed by atoms with Crippen LogP contribution in [0.15, 0.2) is 42.5 Å². The van der Waals surface area contributed by atoms with Crippen molar-refractivity contribution in [3.63, 3.8) is 0 Å². The topological polar surface area (TPSA) is 38.3 Å². The van der Waals surface area contributed by atoms with Gasteiger partial charge >= 0.3 is 0 Å². The molecule has 3 heteroatoms. The summed E-state index contributed by atoms with van der Waals surface area (Å²) in [6, 6.07) is 14.0. The van der Waals surface area contributed by atoms with Crippen LogP contribution < -0.4 is 10.1 Å². The minimum atomic E-state index is -0.497. The molecule has 0 radical (unpaired) electrons. The number of hydrogen-bond donors (Lipinski definition) is 1. The van der Waals surface area contributed by atoms with Gasteiger partial charge in [0.15, 0.2) is 6.10 Å². The molecule has 0 fully saturated rings. The Morgan fingerprint density at radius 2 is 1.74 bits per heavy atom. The van der Waals surface area contributed by atoms with Crippen molar-refractivity contribution in [2.24, 2.45) is 0 Å². The molecule has 0 aliphatic rings. The van der Waals surface area contributed by atoms with Crippen molar-refractivity contribution in [1.82, 2.24) is 5.32 Å². The van der Waals surface area contributed by atoms with E-state index < -0.39 is 6.10 Å². The van der Waals surface area contributed by atoms with Crippen LogP contribution in [-0.4, -0.2) is 18.1 Å². The third-order valence-corrected chi connectivity index (χ3v) is 2.83. The lowest BCUT2D eigenvalue weighted by Crippen LogP contribution is -2.39. The van der Waals surface area contributed by atoms with Crippen LogP contribution in [-0.2, 0) is 4.79 Å². The average molecular weight is 257 g/mol. The molecule has 0 saturated heterocycles. The van der Waals surface area contributed by atoms with Crippen molar-refractivity contribution in [3.8, 4) is 5.75 Å². The van der Waals surface area contributed by atoms with Crippen LogP contribution in [0.5, 0.6) is 5.75 Å². The lowest BCUT2D eigenvalue weighted by Gasteiger charge is -2.16. The van der Waals surface area contributed by atoms with Gasteiger partial charge in [-0.25, -0.2) is 0 Å². The summed E-state index contributed by atoms with van der Waals surface area (Å²) in [5.41, 5.74) is 0. The van der Waals surface area contributed by atoms with E-state index in [4.69, 9.17) is 4.74 Å². The predicted octanol–water partition coefficient (Wildman–Crippen LogP) is 3.13. The van der Waals surface area contributed by atoms with Crippen LogP contribution >= 0.6 is 0 Å². The smallest absolute Gasteiger partial charge is 0.260 e. The van der Waals surface area contributed by atoms with E-state index in [1.54, 1.807) is 6.92 Å². The molecule has 100 valence electrons. The number of nitrogens with one attached hydrogen (secondary N) is 1. The Morgan fingerprint density at radius 3 is 2.42 bits per heavy atom. The molecule has 1 amide bonds. The van der Waals surface area contributed by atoms with Crippen molar-refractivity contribution in [2.45, 2.75) is 32.9 Å². The molecule has 2 rings (SSSR count). The summed E-state index contributed by atoms with van der Waals surface area (Å²) in [5, 5.41) is 5.11. The van der Waals surface area contributed by atoms with E-state index in [9.17, 15) is 4.79 Å². The van der Waals surface area contributed by atoms with Gasteiger partial charge in [-0.15, -0.1) is 0 Å². The van der Waals surface area contributed by atoms with E-state index in [0.29, 0.717) is 5.75 Å². The summed E-state index contributed by atoms with van der Waals surface area (Å²) in [4.78, 5) is 11.8. The van der Waals surface area contributed by atoms with Crippen LogP contribution in [0.4, 0.5) is 0 Å². The molecule has 0 aliphatic carbocycles. The lowest BCUT2D eigenvalue weighted by molar-refractivity contribution is -0.127. The summed E-state index contributed by atoms with van der Waals surface area (Å²) in [5.74, 6) is 0.619. The second-order valence-corrected chi connectivity index (χ2v) is 4.93. The zero-order chi connectivity index (χ0) is 13.8. The highest BCUT2D eigenvalue weighted by molar-refractivity contribution is 5.84. The number of benzene rings is 2. The van der Waals surface area contributed by atoms with Gasteiger partial charge < -0.3 is 10.1 Å². The quantitative estimate of drug-likeness (QED) is 0.913. The van der Waals surface area contributed by atoms with Crippen molar-refractivity contribution in [1.29, 1.82) is 0 Å². The maximum atomic E-state index is 11.8. The number of carbonyl (C=O) groups is 1. The first-order valence-corrected chi connectivity index (χ1v) is 6.52. The number of hydrogen-bond acceptors (Lipinski definition) is 2. The third kappa shape index (κ3) is 3.47. The maximum absolute atomic E-state index is 11.8. The Kier molecular flexibility index (Phi) is 4.05. The summed E-state index contributed by atoms with van der Waals surface area (Å²) in [7, 11) is 0. The molecular formula is C16H19NO2. The molecule has 2 aromatic rings. The largest absolute Gasteiger partial charge is 0.481 e. The summed E-state index contributed by atoms with van der Waals surface area (Å²) in [6.45, 7) is 5.62. The van der Waals surface area contributed by atoms with E-state index in [0.717, 1.165) is 10.8 Å². The first-order valence-electron chi connectivity index (χ1n) is 6.52. The second kappa shape index (κ2) is 5.74. The highest BCUT2D eigenvalue weighted by Crippen LogP contribution is 2.21. The van der Waals surface area contributed by atoms with Crippen LogP contribution in [0.3, 0.4) is 0 Å². The Bertz CT molecular complexity index is 578. The zero-order valence-corrected chi connectivity index (χ0v) is 11.5. The van der Waals surface area contributed by atoms with Crippen molar-refractivity contribution < 1.29 is 9.53 Å². The van der Waals surface area contributed by atoms with Gasteiger partial charge in [-0.3, -0.25) is 4.79 Å². The molecular weight excluding hydrogens is 238 g/mol. The van der Waals surface area contributed by atoms with E-state index >= 15 is 0 Å². The molecule has 3 nitrogen and oxygen atoms in total. The number of carbonyl (C=O) groups excluding carboxylic acids is 1. The summed E-state index contributed by atoms with van der Waals surface area (Å²) < 4.78 is 5.67. The molecule has 2 aromatic carbocycles. The molecule has 0 aliphatic heterocycles. The molecule has 1 unspecified atom stereocenters. The molecule has 0 heterocycles. The SMILES string of the molecule is CC(C)NC(=O)C(C)Oc1ccc2ccccc2c1. The van der Waals surface area contributed by atoms with Gasteiger partial charge in [0, 0.05) is 6.04 Å². The number of ether oxygens (including phenoxy) is 1. The van der Waals surface area contributed by atoms with E-state index in [2.05, 4.69) is 5.32 Å². The van der Waals surface area contributed by atoms with Crippen LogP contribution in [0, 0.1) is 0 Å². The molecule has 1 N–H and O–H groups in total. The third-order valence-electron chi connectivity index (χ3n) is 2.83. The number of fused-ring (bicyclic) bond motifs is 1.